The Morgan fingerprint density at radius 1 is 1.70 bits per heavy atom. The first-order valence-electron chi connectivity index (χ1n) is 3.28. The molecule has 0 aromatic rings. The summed E-state index contributed by atoms with van der Waals surface area (Å²) in [6.07, 6.45) is -0.204. The SMILES string of the molecule is C[C@@H]1C[C@H](O)[C@H](C(=O)O)N1. The van der Waals surface area contributed by atoms with E-state index in [4.69, 9.17) is 10.2 Å². The first kappa shape index (κ1) is 7.50. The third kappa shape index (κ3) is 1.27. The van der Waals surface area contributed by atoms with Crippen LogP contribution in [0.1, 0.15) is 13.3 Å². The summed E-state index contributed by atoms with van der Waals surface area (Å²) in [5, 5.41) is 20.3. The fourth-order valence-electron chi connectivity index (χ4n) is 1.22. The summed E-state index contributed by atoms with van der Waals surface area (Å²) in [6, 6.07) is -0.661. The molecule has 10 heavy (non-hydrogen) atoms. The lowest BCUT2D eigenvalue weighted by atomic mass is 10.1. The van der Waals surface area contributed by atoms with Crippen LogP contribution >= 0.6 is 0 Å². The predicted octanol–water partition coefficient (Wildman–Crippen LogP) is -0.818. The second kappa shape index (κ2) is 2.56. The molecule has 1 aliphatic heterocycles. The van der Waals surface area contributed by atoms with E-state index < -0.39 is 18.1 Å². The molecule has 1 saturated heterocycles. The van der Waals surface area contributed by atoms with Gasteiger partial charge in [-0.2, -0.15) is 0 Å². The highest BCUT2D eigenvalue weighted by molar-refractivity contribution is 5.74. The minimum absolute atomic E-state index is 0.107. The number of aliphatic hydroxyl groups is 1. The number of carboxylic acid groups (broad SMARTS) is 1. The molecule has 58 valence electrons. The van der Waals surface area contributed by atoms with Crippen molar-refractivity contribution in [2.24, 2.45) is 0 Å². The number of hydrogen-bond donors (Lipinski definition) is 3. The lowest BCUT2D eigenvalue weighted by molar-refractivity contribution is -0.141. The van der Waals surface area contributed by atoms with E-state index >= 15 is 0 Å². The highest BCUT2D eigenvalue weighted by Crippen LogP contribution is 2.12. The zero-order chi connectivity index (χ0) is 7.72. The molecule has 0 aliphatic carbocycles. The summed E-state index contributed by atoms with van der Waals surface area (Å²) >= 11 is 0. The zero-order valence-corrected chi connectivity index (χ0v) is 5.74. The van der Waals surface area contributed by atoms with E-state index in [-0.39, 0.29) is 6.04 Å². The highest BCUT2D eigenvalue weighted by atomic mass is 16.4. The van der Waals surface area contributed by atoms with E-state index in [2.05, 4.69) is 5.32 Å². The van der Waals surface area contributed by atoms with Gasteiger partial charge < -0.3 is 10.2 Å². The Hall–Kier alpha value is -0.610. The Morgan fingerprint density at radius 3 is 2.50 bits per heavy atom. The summed E-state index contributed by atoms with van der Waals surface area (Å²) in [7, 11) is 0. The number of carboxylic acids is 1. The van der Waals surface area contributed by atoms with Crippen molar-refractivity contribution in [1.82, 2.24) is 5.32 Å². The lowest BCUT2D eigenvalue weighted by Gasteiger charge is -2.07. The average molecular weight is 145 g/mol. The summed E-state index contributed by atoms with van der Waals surface area (Å²) in [5.74, 6) is -0.975. The second-order valence-corrected chi connectivity index (χ2v) is 2.69. The van der Waals surface area contributed by atoms with Crippen LogP contribution in [-0.2, 0) is 4.79 Å². The van der Waals surface area contributed by atoms with Gasteiger partial charge in [0, 0.05) is 6.04 Å². The molecular formula is C6H11NO3. The van der Waals surface area contributed by atoms with Crippen LogP contribution in [0.3, 0.4) is 0 Å². The number of nitrogens with one attached hydrogen (secondary N) is 1. The van der Waals surface area contributed by atoms with Crippen LogP contribution in [0.25, 0.3) is 0 Å². The van der Waals surface area contributed by atoms with Gasteiger partial charge in [-0.15, -0.1) is 0 Å². The molecule has 3 N–H and O–H groups in total. The molecule has 1 rings (SSSR count). The van der Waals surface area contributed by atoms with Gasteiger partial charge in [0.1, 0.15) is 6.04 Å². The normalized spacial score (nSPS) is 40.0. The molecule has 0 aromatic carbocycles. The smallest absolute Gasteiger partial charge is 0.323 e. The van der Waals surface area contributed by atoms with Crippen LogP contribution < -0.4 is 5.32 Å². The van der Waals surface area contributed by atoms with Gasteiger partial charge in [-0.25, -0.2) is 0 Å². The van der Waals surface area contributed by atoms with E-state index in [0.29, 0.717) is 6.42 Å². The van der Waals surface area contributed by atoms with Crippen LogP contribution in [0.15, 0.2) is 0 Å². The third-order valence-corrected chi connectivity index (χ3v) is 1.71. The van der Waals surface area contributed by atoms with E-state index in [1.807, 2.05) is 6.92 Å². The molecule has 0 spiro atoms. The van der Waals surface area contributed by atoms with Crippen molar-refractivity contribution in [3.05, 3.63) is 0 Å². The number of aliphatic hydroxyl groups excluding tert-OH is 1. The summed E-state index contributed by atoms with van der Waals surface area (Å²) in [5.41, 5.74) is 0. The molecule has 0 radical (unpaired) electrons. The minimum atomic E-state index is -0.975. The van der Waals surface area contributed by atoms with Crippen LogP contribution in [-0.4, -0.2) is 34.4 Å². The van der Waals surface area contributed by atoms with Crippen molar-refractivity contribution in [3.63, 3.8) is 0 Å². The van der Waals surface area contributed by atoms with Gasteiger partial charge in [-0.1, -0.05) is 0 Å². The number of hydrogen-bond acceptors (Lipinski definition) is 3. The molecule has 1 aliphatic rings. The molecular weight excluding hydrogens is 134 g/mol. The summed E-state index contributed by atoms with van der Waals surface area (Å²) < 4.78 is 0. The fraction of sp³-hybridized carbons (Fsp3) is 0.833. The van der Waals surface area contributed by atoms with E-state index in [9.17, 15) is 4.79 Å². The van der Waals surface area contributed by atoms with Crippen LogP contribution in [0, 0.1) is 0 Å². The Morgan fingerprint density at radius 2 is 2.30 bits per heavy atom. The lowest BCUT2D eigenvalue weighted by Crippen LogP contribution is -2.39. The van der Waals surface area contributed by atoms with E-state index in [1.165, 1.54) is 0 Å². The monoisotopic (exact) mass is 145 g/mol. The highest BCUT2D eigenvalue weighted by Gasteiger charge is 2.34. The van der Waals surface area contributed by atoms with Crippen molar-refractivity contribution >= 4 is 5.97 Å². The number of aliphatic carboxylic acids is 1. The third-order valence-electron chi connectivity index (χ3n) is 1.71. The van der Waals surface area contributed by atoms with Gasteiger partial charge >= 0.3 is 5.97 Å². The number of carbonyl (C=O) groups is 1. The molecule has 0 amide bonds. The molecule has 0 bridgehead atoms. The minimum Gasteiger partial charge on any atom is -0.480 e. The predicted molar refractivity (Wildman–Crippen MR) is 34.6 cm³/mol. The van der Waals surface area contributed by atoms with E-state index in [0.717, 1.165) is 0 Å². The molecule has 0 saturated carbocycles. The molecule has 4 heteroatoms. The van der Waals surface area contributed by atoms with Gasteiger partial charge in [0.05, 0.1) is 6.10 Å². The molecule has 0 unspecified atom stereocenters. The van der Waals surface area contributed by atoms with Gasteiger partial charge in [-0.3, -0.25) is 10.1 Å². The van der Waals surface area contributed by atoms with Crippen LogP contribution in [0.2, 0.25) is 0 Å². The van der Waals surface area contributed by atoms with Crippen molar-refractivity contribution in [2.75, 3.05) is 0 Å². The Kier molecular flexibility index (Phi) is 1.92. The Labute approximate surface area is 58.9 Å². The quantitative estimate of drug-likeness (QED) is 0.451. The first-order chi connectivity index (χ1) is 4.61. The second-order valence-electron chi connectivity index (χ2n) is 2.69. The van der Waals surface area contributed by atoms with Gasteiger partial charge in [0.25, 0.3) is 0 Å². The first-order valence-corrected chi connectivity index (χ1v) is 3.28. The molecule has 4 nitrogen and oxygen atoms in total. The Bertz CT molecular complexity index is 148. The summed E-state index contributed by atoms with van der Waals surface area (Å²) in [6.45, 7) is 1.85. The van der Waals surface area contributed by atoms with Gasteiger partial charge in [0.2, 0.25) is 0 Å². The van der Waals surface area contributed by atoms with Crippen LogP contribution in [0.5, 0.6) is 0 Å². The summed E-state index contributed by atoms with van der Waals surface area (Å²) in [4.78, 5) is 10.3. The maximum Gasteiger partial charge on any atom is 0.323 e. The fourth-order valence-corrected chi connectivity index (χ4v) is 1.22. The molecule has 1 heterocycles. The van der Waals surface area contributed by atoms with Gasteiger partial charge in [0.15, 0.2) is 0 Å². The van der Waals surface area contributed by atoms with Crippen LogP contribution in [0.4, 0.5) is 0 Å². The molecule has 0 aromatic heterocycles. The maximum absolute atomic E-state index is 10.3. The topological polar surface area (TPSA) is 69.6 Å². The van der Waals surface area contributed by atoms with Crippen molar-refractivity contribution in [2.45, 2.75) is 31.5 Å². The molecule has 1 fully saturated rings. The Balaban J connectivity index is 2.54. The van der Waals surface area contributed by atoms with Crippen molar-refractivity contribution in [3.8, 4) is 0 Å². The maximum atomic E-state index is 10.3. The van der Waals surface area contributed by atoms with Crippen molar-refractivity contribution in [1.29, 1.82) is 0 Å². The zero-order valence-electron chi connectivity index (χ0n) is 5.74. The average Bonchev–Trinajstić information content (AvgIpc) is 2.10. The number of rotatable bonds is 1. The van der Waals surface area contributed by atoms with Gasteiger partial charge in [-0.05, 0) is 13.3 Å². The van der Waals surface area contributed by atoms with E-state index in [1.54, 1.807) is 0 Å². The molecule has 3 atom stereocenters. The standard InChI is InChI=1S/C6H11NO3/c1-3-2-4(8)5(7-3)6(9)10/h3-5,7-8H,2H2,1H3,(H,9,10)/t3-,4+,5-/m1/s1. The largest absolute Gasteiger partial charge is 0.480 e. The van der Waals surface area contributed by atoms with Crippen molar-refractivity contribution < 1.29 is 15.0 Å².